The number of benzene rings is 12. The first kappa shape index (κ1) is 44.3. The van der Waals surface area contributed by atoms with Crippen LogP contribution in [0.1, 0.15) is 0 Å². The molecule has 2 aromatic heterocycles. The van der Waals surface area contributed by atoms with Gasteiger partial charge in [-0.05, 0) is 118 Å². The highest BCUT2D eigenvalue weighted by Gasteiger charge is 2.36. The number of rotatable bonds is 10. The maximum atomic E-state index is 2.56. The third-order valence-corrected chi connectivity index (χ3v) is 18.9. The van der Waals surface area contributed by atoms with Gasteiger partial charge in [-0.2, -0.15) is 0 Å². The Hall–Kier alpha value is -9.41. The van der Waals surface area contributed by atoms with E-state index in [-0.39, 0.29) is 0 Å². The predicted octanol–water partition coefficient (Wildman–Crippen LogP) is 19.9. The van der Waals surface area contributed by atoms with Crippen molar-refractivity contribution in [1.82, 2.24) is 9.13 Å². The highest BCUT2D eigenvalue weighted by Crippen LogP contribution is 2.74. The van der Waals surface area contributed by atoms with Crippen LogP contribution < -0.4 is 0 Å². The Morgan fingerprint density at radius 1 is 0.213 bits per heavy atom. The summed E-state index contributed by atoms with van der Waals surface area (Å²) in [5.74, 6) is 0. The lowest BCUT2D eigenvalue weighted by atomic mass is 9.95. The molecule has 0 aliphatic carbocycles. The molecule has 12 aromatic carbocycles. The minimum atomic E-state index is -2.28. The Labute approximate surface area is 439 Å². The van der Waals surface area contributed by atoms with E-state index in [0.29, 0.717) is 0 Å². The van der Waals surface area contributed by atoms with E-state index < -0.39 is 10.0 Å². The average molecular weight is 975 g/mol. The van der Waals surface area contributed by atoms with Crippen LogP contribution in [-0.4, -0.2) is 9.13 Å². The number of nitrogens with zero attached hydrogens (tertiary/aromatic N) is 2. The highest BCUT2D eigenvalue weighted by molar-refractivity contribution is 8.34. The molecule has 14 rings (SSSR count). The predicted molar refractivity (Wildman–Crippen MR) is 317 cm³/mol. The summed E-state index contributed by atoms with van der Waals surface area (Å²) >= 11 is 0. The lowest BCUT2D eigenvalue weighted by Crippen LogP contribution is -2.08. The normalized spacial score (nSPS) is 11.9. The number of hydrogen-bond acceptors (Lipinski definition) is 0. The number of hydrogen-bond donors (Lipinski definition) is 0. The molecule has 0 N–H and O–H groups in total. The van der Waals surface area contributed by atoms with Gasteiger partial charge in [-0.3, -0.25) is 0 Å². The average Bonchev–Trinajstić information content (AvgIpc) is 4.01. The molecule has 2 heterocycles. The number of aromatic nitrogens is 2. The van der Waals surface area contributed by atoms with Gasteiger partial charge in [-0.25, -0.2) is 0 Å². The molecule has 2 nitrogen and oxygen atoms in total. The van der Waals surface area contributed by atoms with Gasteiger partial charge in [0.25, 0.3) is 0 Å². The van der Waals surface area contributed by atoms with Crippen LogP contribution in [0.2, 0.25) is 0 Å². The van der Waals surface area contributed by atoms with Gasteiger partial charge in [0.15, 0.2) is 0 Å². The Morgan fingerprint density at radius 3 is 1.05 bits per heavy atom. The Kier molecular flexibility index (Phi) is 11.0. The molecule has 0 bridgehead atoms. The van der Waals surface area contributed by atoms with Crippen LogP contribution in [0.25, 0.3) is 99.5 Å². The summed E-state index contributed by atoms with van der Waals surface area (Å²) in [6.45, 7) is 0. The van der Waals surface area contributed by atoms with Crippen LogP contribution in [-0.2, 0) is 0 Å². The van der Waals surface area contributed by atoms with Gasteiger partial charge in [0, 0.05) is 57.9 Å². The van der Waals surface area contributed by atoms with Gasteiger partial charge in [-0.15, -0.1) is 10.0 Å². The van der Waals surface area contributed by atoms with Crippen LogP contribution >= 0.6 is 10.0 Å². The summed E-state index contributed by atoms with van der Waals surface area (Å²) in [5.41, 5.74) is 16.4. The minimum Gasteiger partial charge on any atom is -0.309 e. The molecule has 3 heteroatoms. The summed E-state index contributed by atoms with van der Waals surface area (Å²) in [6.07, 6.45) is 0. The van der Waals surface area contributed by atoms with E-state index in [2.05, 4.69) is 312 Å². The number of para-hydroxylation sites is 3. The fourth-order valence-corrected chi connectivity index (χ4v) is 15.6. The largest absolute Gasteiger partial charge is 0.309 e. The van der Waals surface area contributed by atoms with E-state index in [1.54, 1.807) is 0 Å². The van der Waals surface area contributed by atoms with Crippen molar-refractivity contribution in [1.29, 1.82) is 0 Å². The molecule has 75 heavy (non-hydrogen) atoms. The standard InChI is InChI=1S/C72H50N2S/c1-6-24-51(25-7-1)55-32-22-36-59(46-55)75(58-34-14-5-15-35-58,60-37-23-33-56(47-60)52-26-8-2-9-27-52)61-49-65(53-28-10-3-11-29-53)72(66(50-61)54-30-12-4-13-31-54)74-70-43-21-18-40-64(70)67-48-57(44-45-71(67)74)73-68-41-19-16-38-62(68)63-39-17-20-42-69(63)73/h1-50H. The third kappa shape index (κ3) is 7.43. The summed E-state index contributed by atoms with van der Waals surface area (Å²) in [5, 5.41) is 4.91. The van der Waals surface area contributed by atoms with Gasteiger partial charge >= 0.3 is 0 Å². The lowest BCUT2D eigenvalue weighted by Gasteiger charge is -2.43. The molecule has 0 aliphatic heterocycles. The van der Waals surface area contributed by atoms with E-state index in [1.807, 2.05) is 0 Å². The van der Waals surface area contributed by atoms with E-state index in [1.165, 1.54) is 74.4 Å². The molecule has 0 aliphatic rings. The van der Waals surface area contributed by atoms with Crippen LogP contribution in [0, 0.1) is 0 Å². The fourth-order valence-electron chi connectivity index (χ4n) is 11.7. The molecule has 0 spiro atoms. The van der Waals surface area contributed by atoms with Crippen molar-refractivity contribution < 1.29 is 0 Å². The second-order valence-electron chi connectivity index (χ2n) is 19.2. The van der Waals surface area contributed by atoms with E-state index in [9.17, 15) is 0 Å². The van der Waals surface area contributed by atoms with Crippen molar-refractivity contribution in [3.8, 4) is 55.9 Å². The maximum absolute atomic E-state index is 2.56. The van der Waals surface area contributed by atoms with Crippen LogP contribution in [0.3, 0.4) is 0 Å². The molecule has 14 aromatic rings. The molecular weight excluding hydrogens is 925 g/mol. The van der Waals surface area contributed by atoms with Crippen LogP contribution in [0.5, 0.6) is 0 Å². The molecule has 0 saturated heterocycles. The molecule has 0 saturated carbocycles. The molecular formula is C72H50N2S. The van der Waals surface area contributed by atoms with E-state index in [0.717, 1.165) is 44.7 Å². The topological polar surface area (TPSA) is 9.86 Å². The SMILES string of the molecule is c1ccc(-c2cccc(S(c3ccccc3)(c3cccc(-c4ccccc4)c3)c3cc(-c4ccccc4)c(-n4c5ccccc5c5cc(-n6c7ccccc7c7ccccc76)ccc54)c(-c4ccccc4)c3)c2)cc1. The van der Waals surface area contributed by atoms with Crippen molar-refractivity contribution in [2.24, 2.45) is 0 Å². The lowest BCUT2D eigenvalue weighted by molar-refractivity contribution is 1.16. The van der Waals surface area contributed by atoms with Gasteiger partial charge in [0.2, 0.25) is 0 Å². The van der Waals surface area contributed by atoms with Crippen LogP contribution in [0.15, 0.2) is 323 Å². The monoisotopic (exact) mass is 974 g/mol. The quantitative estimate of drug-likeness (QED) is 0.129. The Balaban J connectivity index is 1.12. The van der Waals surface area contributed by atoms with Crippen molar-refractivity contribution in [2.75, 3.05) is 0 Å². The molecule has 0 atom stereocenters. The second kappa shape index (κ2) is 18.6. The number of fused-ring (bicyclic) bond motifs is 6. The summed E-state index contributed by atoms with van der Waals surface area (Å²) < 4.78 is 4.99. The molecule has 0 amide bonds. The zero-order valence-corrected chi connectivity index (χ0v) is 42.0. The summed E-state index contributed by atoms with van der Waals surface area (Å²) in [7, 11) is -2.28. The van der Waals surface area contributed by atoms with Crippen molar-refractivity contribution in [3.63, 3.8) is 0 Å². The van der Waals surface area contributed by atoms with Crippen molar-refractivity contribution in [2.45, 2.75) is 19.6 Å². The Bertz CT molecular complexity index is 4190. The smallest absolute Gasteiger partial charge is 0.0619 e. The first-order valence-corrected chi connectivity index (χ1v) is 27.4. The second-order valence-corrected chi connectivity index (χ2v) is 22.3. The third-order valence-electron chi connectivity index (χ3n) is 15.0. The molecule has 0 fully saturated rings. The zero-order valence-electron chi connectivity index (χ0n) is 41.2. The maximum Gasteiger partial charge on any atom is 0.0619 e. The van der Waals surface area contributed by atoms with Gasteiger partial charge in [0.05, 0.1) is 27.8 Å². The zero-order chi connectivity index (χ0) is 49.7. The van der Waals surface area contributed by atoms with Crippen LogP contribution in [0.4, 0.5) is 0 Å². The summed E-state index contributed by atoms with van der Waals surface area (Å²) in [4.78, 5) is 5.04. The van der Waals surface area contributed by atoms with Gasteiger partial charge in [0.1, 0.15) is 0 Å². The first-order chi connectivity index (χ1) is 37.2. The van der Waals surface area contributed by atoms with Crippen molar-refractivity contribution >= 4 is 53.6 Å². The van der Waals surface area contributed by atoms with Gasteiger partial charge in [-0.1, -0.05) is 218 Å². The molecule has 0 unspecified atom stereocenters. The molecule has 0 radical (unpaired) electrons. The first-order valence-electron chi connectivity index (χ1n) is 25.7. The fraction of sp³-hybridized carbons (Fsp3) is 0. The van der Waals surface area contributed by atoms with E-state index in [4.69, 9.17) is 0 Å². The minimum absolute atomic E-state index is 1.14. The van der Waals surface area contributed by atoms with Crippen molar-refractivity contribution in [3.05, 3.63) is 303 Å². The van der Waals surface area contributed by atoms with Gasteiger partial charge < -0.3 is 9.13 Å². The molecule has 354 valence electrons. The summed E-state index contributed by atoms with van der Waals surface area (Å²) in [6, 6.07) is 113. The van der Waals surface area contributed by atoms with E-state index >= 15 is 0 Å². The highest BCUT2D eigenvalue weighted by atomic mass is 32.3. The Morgan fingerprint density at radius 2 is 0.573 bits per heavy atom.